The number of hydrogen-bond donors (Lipinski definition) is 0. The Balaban J connectivity index is 1.95. The topological polar surface area (TPSA) is 35.5 Å². The number of rotatable bonds is 2. The molecule has 0 bridgehead atoms. The van der Waals surface area contributed by atoms with Crippen LogP contribution in [-0.2, 0) is 14.3 Å². The lowest BCUT2D eigenvalue weighted by Crippen LogP contribution is -2.46. The predicted molar refractivity (Wildman–Crippen MR) is 74.6 cm³/mol. The molecule has 0 aromatic heterocycles. The van der Waals surface area contributed by atoms with Crippen LogP contribution in [0.25, 0.3) is 0 Å². The van der Waals surface area contributed by atoms with Crippen LogP contribution in [0.15, 0.2) is 0 Å². The van der Waals surface area contributed by atoms with Crippen molar-refractivity contribution >= 4 is 5.97 Å². The molecular formula is C16H28O3. The van der Waals surface area contributed by atoms with Crippen molar-refractivity contribution in [2.24, 2.45) is 17.3 Å². The molecule has 3 heteroatoms. The van der Waals surface area contributed by atoms with E-state index in [0.29, 0.717) is 5.92 Å². The third kappa shape index (κ3) is 3.95. The van der Waals surface area contributed by atoms with Crippen LogP contribution in [0.1, 0.15) is 66.2 Å². The summed E-state index contributed by atoms with van der Waals surface area (Å²) >= 11 is 0. The quantitative estimate of drug-likeness (QED) is 0.712. The zero-order valence-corrected chi connectivity index (χ0v) is 12.8. The molecular weight excluding hydrogens is 240 g/mol. The first-order chi connectivity index (χ1) is 8.87. The van der Waals surface area contributed by atoms with Crippen LogP contribution < -0.4 is 0 Å². The summed E-state index contributed by atoms with van der Waals surface area (Å²) < 4.78 is 11.6. The molecule has 2 rings (SSSR count). The van der Waals surface area contributed by atoms with Crippen molar-refractivity contribution in [1.82, 2.24) is 0 Å². The highest BCUT2D eigenvalue weighted by Crippen LogP contribution is 2.36. The van der Waals surface area contributed by atoms with E-state index >= 15 is 0 Å². The molecule has 1 aliphatic heterocycles. The highest BCUT2D eigenvalue weighted by molar-refractivity contribution is 5.73. The molecule has 1 saturated carbocycles. The summed E-state index contributed by atoms with van der Waals surface area (Å²) in [5.41, 5.74) is 0.124. The SMILES string of the molecule is C[C@H]1O[C@@H](C2CCCCC2)OC(=O)[C@@H]1CC(C)(C)C. The zero-order valence-electron chi connectivity index (χ0n) is 12.8. The maximum absolute atomic E-state index is 12.2. The van der Waals surface area contributed by atoms with Gasteiger partial charge in [0.15, 0.2) is 0 Å². The van der Waals surface area contributed by atoms with Gasteiger partial charge in [-0.05, 0) is 31.6 Å². The first-order valence-corrected chi connectivity index (χ1v) is 7.73. The predicted octanol–water partition coefficient (Wildman–Crippen LogP) is 3.91. The number of carbonyl (C=O) groups excluding carboxylic acids is 1. The molecule has 0 amide bonds. The smallest absolute Gasteiger partial charge is 0.313 e. The number of esters is 1. The maximum atomic E-state index is 12.2. The average Bonchev–Trinajstić information content (AvgIpc) is 2.33. The average molecular weight is 268 g/mol. The molecule has 0 aromatic carbocycles. The molecule has 19 heavy (non-hydrogen) atoms. The molecule has 1 saturated heterocycles. The van der Waals surface area contributed by atoms with E-state index < -0.39 is 0 Å². The van der Waals surface area contributed by atoms with Gasteiger partial charge in [0.1, 0.15) is 0 Å². The summed E-state index contributed by atoms with van der Waals surface area (Å²) in [4.78, 5) is 12.2. The van der Waals surface area contributed by atoms with Gasteiger partial charge in [-0.2, -0.15) is 0 Å². The Morgan fingerprint density at radius 3 is 2.32 bits per heavy atom. The Morgan fingerprint density at radius 2 is 1.79 bits per heavy atom. The van der Waals surface area contributed by atoms with Gasteiger partial charge in [-0.1, -0.05) is 40.0 Å². The number of cyclic esters (lactones) is 1. The minimum absolute atomic E-state index is 0.0209. The summed E-state index contributed by atoms with van der Waals surface area (Å²) in [7, 11) is 0. The number of carbonyl (C=O) groups is 1. The van der Waals surface area contributed by atoms with Crippen LogP contribution in [0, 0.1) is 17.3 Å². The van der Waals surface area contributed by atoms with Crippen LogP contribution >= 0.6 is 0 Å². The van der Waals surface area contributed by atoms with E-state index in [1.165, 1.54) is 19.3 Å². The van der Waals surface area contributed by atoms with Gasteiger partial charge >= 0.3 is 5.97 Å². The zero-order chi connectivity index (χ0) is 14.0. The van der Waals surface area contributed by atoms with Crippen LogP contribution in [0.5, 0.6) is 0 Å². The second-order valence-corrected chi connectivity index (χ2v) is 7.42. The minimum atomic E-state index is -0.293. The van der Waals surface area contributed by atoms with Crippen LogP contribution in [0.4, 0.5) is 0 Å². The molecule has 0 radical (unpaired) electrons. The van der Waals surface area contributed by atoms with Crippen LogP contribution in [0.2, 0.25) is 0 Å². The van der Waals surface area contributed by atoms with Crippen molar-refractivity contribution < 1.29 is 14.3 Å². The van der Waals surface area contributed by atoms with E-state index in [4.69, 9.17) is 9.47 Å². The summed E-state index contributed by atoms with van der Waals surface area (Å²) in [5, 5.41) is 0. The summed E-state index contributed by atoms with van der Waals surface area (Å²) in [6.07, 6.45) is 6.56. The first kappa shape index (κ1) is 14.8. The summed E-state index contributed by atoms with van der Waals surface area (Å²) in [6, 6.07) is 0. The third-order valence-corrected chi connectivity index (χ3v) is 4.32. The van der Waals surface area contributed by atoms with Crippen LogP contribution in [0.3, 0.4) is 0 Å². The third-order valence-electron chi connectivity index (χ3n) is 4.32. The molecule has 1 heterocycles. The van der Waals surface area contributed by atoms with Gasteiger partial charge < -0.3 is 9.47 Å². The fourth-order valence-corrected chi connectivity index (χ4v) is 3.25. The van der Waals surface area contributed by atoms with Crippen molar-refractivity contribution in [2.45, 2.75) is 78.6 Å². The second kappa shape index (κ2) is 5.82. The Labute approximate surface area is 117 Å². The monoisotopic (exact) mass is 268 g/mol. The van der Waals surface area contributed by atoms with E-state index in [1.807, 2.05) is 6.92 Å². The van der Waals surface area contributed by atoms with E-state index in [1.54, 1.807) is 0 Å². The van der Waals surface area contributed by atoms with Gasteiger partial charge in [0.25, 0.3) is 0 Å². The molecule has 0 spiro atoms. The second-order valence-electron chi connectivity index (χ2n) is 7.42. The molecule has 0 aromatic rings. The highest BCUT2D eigenvalue weighted by atomic mass is 16.7. The van der Waals surface area contributed by atoms with Gasteiger partial charge in [-0.3, -0.25) is 4.79 Å². The molecule has 1 aliphatic carbocycles. The van der Waals surface area contributed by atoms with Crippen molar-refractivity contribution in [3.8, 4) is 0 Å². The Kier molecular flexibility index (Phi) is 4.54. The molecule has 2 aliphatic rings. The maximum Gasteiger partial charge on any atom is 0.313 e. The molecule has 2 fully saturated rings. The summed E-state index contributed by atoms with van der Waals surface area (Å²) in [5.74, 6) is 0.250. The van der Waals surface area contributed by atoms with E-state index in [-0.39, 0.29) is 29.7 Å². The van der Waals surface area contributed by atoms with Gasteiger partial charge in [0.2, 0.25) is 6.29 Å². The molecule has 3 atom stereocenters. The lowest BCUT2D eigenvalue weighted by atomic mass is 9.81. The molecule has 110 valence electrons. The molecule has 0 unspecified atom stereocenters. The Morgan fingerprint density at radius 1 is 1.16 bits per heavy atom. The Bertz CT molecular complexity index is 312. The number of hydrogen-bond acceptors (Lipinski definition) is 3. The minimum Gasteiger partial charge on any atom is -0.435 e. The largest absolute Gasteiger partial charge is 0.435 e. The molecule has 0 N–H and O–H groups in total. The van der Waals surface area contributed by atoms with Crippen molar-refractivity contribution in [1.29, 1.82) is 0 Å². The van der Waals surface area contributed by atoms with E-state index in [2.05, 4.69) is 20.8 Å². The fraction of sp³-hybridized carbons (Fsp3) is 0.938. The van der Waals surface area contributed by atoms with Crippen LogP contribution in [-0.4, -0.2) is 18.4 Å². The van der Waals surface area contributed by atoms with Gasteiger partial charge in [0, 0.05) is 5.92 Å². The summed E-state index contributed by atoms with van der Waals surface area (Å²) in [6.45, 7) is 8.48. The molecule has 3 nitrogen and oxygen atoms in total. The van der Waals surface area contributed by atoms with Crippen molar-refractivity contribution in [3.63, 3.8) is 0 Å². The van der Waals surface area contributed by atoms with E-state index in [0.717, 1.165) is 19.3 Å². The normalized spacial score (nSPS) is 34.1. The van der Waals surface area contributed by atoms with E-state index in [9.17, 15) is 4.79 Å². The van der Waals surface area contributed by atoms with Crippen molar-refractivity contribution in [3.05, 3.63) is 0 Å². The van der Waals surface area contributed by atoms with Gasteiger partial charge in [-0.15, -0.1) is 0 Å². The fourth-order valence-electron chi connectivity index (χ4n) is 3.25. The number of ether oxygens (including phenoxy) is 2. The Hall–Kier alpha value is -0.570. The first-order valence-electron chi connectivity index (χ1n) is 7.73. The standard InChI is InChI=1S/C16H28O3/c1-11-13(10-16(2,3)4)14(17)19-15(18-11)12-8-6-5-7-9-12/h11-13,15H,5-10H2,1-4H3/t11-,13-,15-/m1/s1. The lowest BCUT2D eigenvalue weighted by Gasteiger charge is -2.40. The van der Waals surface area contributed by atoms with Crippen molar-refractivity contribution in [2.75, 3.05) is 0 Å². The highest BCUT2D eigenvalue weighted by Gasteiger charge is 2.41. The van der Waals surface area contributed by atoms with Gasteiger partial charge in [-0.25, -0.2) is 0 Å². The lowest BCUT2D eigenvalue weighted by molar-refractivity contribution is -0.246. The van der Waals surface area contributed by atoms with Gasteiger partial charge in [0.05, 0.1) is 12.0 Å².